The molecule has 0 bridgehead atoms. The van der Waals surface area contributed by atoms with Gasteiger partial charge in [0.2, 0.25) is 0 Å². The second kappa shape index (κ2) is 3.68. The molecular weight excluding hydrogens is 238 g/mol. The largest absolute Gasteiger partial charge is 0.335 e. The molecule has 1 aliphatic rings. The maximum Gasteiger partial charge on any atom is 0.260 e. The fourth-order valence-electron chi connectivity index (χ4n) is 2.00. The summed E-state index contributed by atoms with van der Waals surface area (Å²) < 4.78 is 25.9. The molecule has 17 heavy (non-hydrogen) atoms. The molecule has 0 radical (unpaired) electrons. The van der Waals surface area contributed by atoms with Crippen LogP contribution < -0.4 is 0 Å². The number of imidazole rings is 1. The summed E-state index contributed by atoms with van der Waals surface area (Å²) in [6.07, 6.45) is 2.70. The summed E-state index contributed by atoms with van der Waals surface area (Å²) >= 11 is 0. The number of nitrogens with zero attached hydrogens (tertiary/aromatic N) is 2. The molecule has 0 saturated carbocycles. The second-order valence-electron chi connectivity index (χ2n) is 3.96. The molecule has 0 spiro atoms. The highest BCUT2D eigenvalue weighted by molar-refractivity contribution is 7.89. The standard InChI is InChI=1S/C11H11N3O2S/c15-17(16,11-5-12-8-13-11)14-6-9-3-1-2-4-10(9)7-14/h1-5,8H,6-7H2,(H,12,13). The summed E-state index contributed by atoms with van der Waals surface area (Å²) in [4.78, 5) is 6.39. The Kier molecular flexibility index (Phi) is 2.27. The van der Waals surface area contributed by atoms with Gasteiger partial charge >= 0.3 is 0 Å². The van der Waals surface area contributed by atoms with Crippen LogP contribution in [0.2, 0.25) is 0 Å². The smallest absolute Gasteiger partial charge is 0.260 e. The van der Waals surface area contributed by atoms with E-state index in [4.69, 9.17) is 0 Å². The van der Waals surface area contributed by atoms with E-state index < -0.39 is 10.0 Å². The van der Waals surface area contributed by atoms with Gasteiger partial charge in [-0.1, -0.05) is 24.3 Å². The van der Waals surface area contributed by atoms with Gasteiger partial charge in [-0.15, -0.1) is 0 Å². The minimum atomic E-state index is -3.45. The Morgan fingerprint density at radius 3 is 2.35 bits per heavy atom. The third-order valence-electron chi connectivity index (χ3n) is 2.90. The van der Waals surface area contributed by atoms with Gasteiger partial charge in [0, 0.05) is 13.1 Å². The van der Waals surface area contributed by atoms with Gasteiger partial charge in [-0.05, 0) is 11.1 Å². The van der Waals surface area contributed by atoms with Crippen LogP contribution in [-0.2, 0) is 23.1 Å². The van der Waals surface area contributed by atoms with Crippen molar-refractivity contribution in [1.29, 1.82) is 0 Å². The quantitative estimate of drug-likeness (QED) is 0.867. The lowest BCUT2D eigenvalue weighted by Crippen LogP contribution is -2.25. The lowest BCUT2D eigenvalue weighted by Gasteiger charge is -2.13. The second-order valence-corrected chi connectivity index (χ2v) is 5.86. The van der Waals surface area contributed by atoms with Gasteiger partial charge in [0.1, 0.15) is 0 Å². The highest BCUT2D eigenvalue weighted by atomic mass is 32.2. The SMILES string of the molecule is O=S(=O)(c1cnc[nH]1)N1Cc2ccccc2C1. The van der Waals surface area contributed by atoms with Crippen molar-refractivity contribution < 1.29 is 8.42 Å². The number of aromatic nitrogens is 2. The van der Waals surface area contributed by atoms with Crippen LogP contribution in [0.15, 0.2) is 41.8 Å². The normalized spacial score (nSPS) is 16.0. The van der Waals surface area contributed by atoms with Crippen molar-refractivity contribution in [2.45, 2.75) is 18.1 Å². The zero-order chi connectivity index (χ0) is 11.9. The van der Waals surface area contributed by atoms with E-state index in [1.165, 1.54) is 16.8 Å². The number of benzene rings is 1. The first-order chi connectivity index (χ1) is 8.18. The number of rotatable bonds is 2. The monoisotopic (exact) mass is 249 g/mol. The maximum absolute atomic E-state index is 12.2. The van der Waals surface area contributed by atoms with Crippen LogP contribution in [0.5, 0.6) is 0 Å². The molecule has 1 aliphatic heterocycles. The predicted molar refractivity (Wildman–Crippen MR) is 61.5 cm³/mol. The van der Waals surface area contributed by atoms with Crippen molar-refractivity contribution in [3.8, 4) is 0 Å². The van der Waals surface area contributed by atoms with Crippen molar-refractivity contribution in [3.05, 3.63) is 47.9 Å². The molecule has 5 nitrogen and oxygen atoms in total. The van der Waals surface area contributed by atoms with Gasteiger partial charge < -0.3 is 4.98 Å². The number of hydrogen-bond donors (Lipinski definition) is 1. The predicted octanol–water partition coefficient (Wildman–Crippen LogP) is 1.11. The molecule has 3 rings (SSSR count). The van der Waals surface area contributed by atoms with Gasteiger partial charge in [-0.3, -0.25) is 0 Å². The Hall–Kier alpha value is -1.66. The van der Waals surface area contributed by atoms with E-state index in [0.717, 1.165) is 11.1 Å². The fourth-order valence-corrected chi connectivity index (χ4v) is 3.29. The van der Waals surface area contributed by atoms with Gasteiger partial charge in [-0.2, -0.15) is 4.31 Å². The summed E-state index contributed by atoms with van der Waals surface area (Å²) in [6, 6.07) is 7.76. The summed E-state index contributed by atoms with van der Waals surface area (Å²) in [5.41, 5.74) is 2.13. The highest BCUT2D eigenvalue weighted by Crippen LogP contribution is 2.27. The van der Waals surface area contributed by atoms with Crippen LogP contribution in [0.4, 0.5) is 0 Å². The number of hydrogen-bond acceptors (Lipinski definition) is 3. The van der Waals surface area contributed by atoms with E-state index in [1.807, 2.05) is 24.3 Å². The molecule has 0 fully saturated rings. The minimum Gasteiger partial charge on any atom is -0.335 e. The van der Waals surface area contributed by atoms with Crippen molar-refractivity contribution in [2.24, 2.45) is 0 Å². The molecule has 1 N–H and O–H groups in total. The molecule has 1 aromatic carbocycles. The summed E-state index contributed by atoms with van der Waals surface area (Å²) in [5.74, 6) is 0. The summed E-state index contributed by atoms with van der Waals surface area (Å²) in [5, 5.41) is 0.144. The fraction of sp³-hybridized carbons (Fsp3) is 0.182. The number of aromatic amines is 1. The number of H-pyrrole nitrogens is 1. The first-order valence-corrected chi connectivity index (χ1v) is 6.67. The molecule has 1 aromatic heterocycles. The van der Waals surface area contributed by atoms with E-state index >= 15 is 0 Å². The Morgan fingerprint density at radius 1 is 1.18 bits per heavy atom. The van der Waals surface area contributed by atoms with E-state index in [1.54, 1.807) is 0 Å². The molecule has 0 saturated heterocycles. The average molecular weight is 249 g/mol. The van der Waals surface area contributed by atoms with Crippen LogP contribution in [0.1, 0.15) is 11.1 Å². The lowest BCUT2D eigenvalue weighted by molar-refractivity contribution is 0.429. The number of sulfonamides is 1. The first kappa shape index (κ1) is 10.5. The van der Waals surface area contributed by atoms with E-state index in [2.05, 4.69) is 9.97 Å². The Labute approximate surface area is 99.2 Å². The molecule has 88 valence electrons. The molecule has 0 unspecified atom stereocenters. The molecule has 0 atom stereocenters. The van der Waals surface area contributed by atoms with Crippen LogP contribution in [0.3, 0.4) is 0 Å². The van der Waals surface area contributed by atoms with Crippen molar-refractivity contribution in [2.75, 3.05) is 0 Å². The molecule has 0 amide bonds. The topological polar surface area (TPSA) is 66.1 Å². The van der Waals surface area contributed by atoms with E-state index in [9.17, 15) is 8.42 Å². The minimum absolute atomic E-state index is 0.144. The van der Waals surface area contributed by atoms with Gasteiger partial charge in [0.25, 0.3) is 10.0 Å². The molecule has 2 heterocycles. The van der Waals surface area contributed by atoms with E-state index in [0.29, 0.717) is 13.1 Å². The molecule has 2 aromatic rings. The van der Waals surface area contributed by atoms with Crippen LogP contribution in [0.25, 0.3) is 0 Å². The van der Waals surface area contributed by atoms with Gasteiger partial charge in [0.05, 0.1) is 12.5 Å². The highest BCUT2D eigenvalue weighted by Gasteiger charge is 2.31. The Bertz CT molecular complexity index is 609. The number of fused-ring (bicyclic) bond motifs is 1. The molecule has 0 aliphatic carbocycles. The first-order valence-electron chi connectivity index (χ1n) is 5.23. The lowest BCUT2D eigenvalue weighted by atomic mass is 10.1. The third kappa shape index (κ3) is 1.65. The molecular formula is C11H11N3O2S. The van der Waals surface area contributed by atoms with Crippen molar-refractivity contribution >= 4 is 10.0 Å². The van der Waals surface area contributed by atoms with Gasteiger partial charge in [0.15, 0.2) is 5.03 Å². The Balaban J connectivity index is 1.95. The van der Waals surface area contributed by atoms with Gasteiger partial charge in [-0.25, -0.2) is 13.4 Å². The van der Waals surface area contributed by atoms with Crippen LogP contribution >= 0.6 is 0 Å². The Morgan fingerprint density at radius 2 is 1.82 bits per heavy atom. The van der Waals surface area contributed by atoms with Crippen LogP contribution in [-0.4, -0.2) is 22.7 Å². The number of nitrogens with one attached hydrogen (secondary N) is 1. The zero-order valence-corrected chi connectivity index (χ0v) is 9.81. The summed E-state index contributed by atoms with van der Waals surface area (Å²) in [6.45, 7) is 0.856. The molecule has 6 heteroatoms. The van der Waals surface area contributed by atoms with Crippen molar-refractivity contribution in [1.82, 2.24) is 14.3 Å². The maximum atomic E-state index is 12.2. The summed E-state index contributed by atoms with van der Waals surface area (Å²) in [7, 11) is -3.45. The third-order valence-corrected chi connectivity index (χ3v) is 4.62. The average Bonchev–Trinajstić information content (AvgIpc) is 2.98. The van der Waals surface area contributed by atoms with E-state index in [-0.39, 0.29) is 5.03 Å². The van der Waals surface area contributed by atoms with Crippen molar-refractivity contribution in [3.63, 3.8) is 0 Å². The zero-order valence-electron chi connectivity index (χ0n) is 9.00. The van der Waals surface area contributed by atoms with Crippen LogP contribution in [0, 0.1) is 0 Å².